The summed E-state index contributed by atoms with van der Waals surface area (Å²) in [5.74, 6) is -0.462. The molecule has 0 spiro atoms. The van der Waals surface area contributed by atoms with E-state index in [4.69, 9.17) is 14.7 Å². The number of fused-ring (bicyclic) bond motifs is 1. The van der Waals surface area contributed by atoms with E-state index >= 15 is 0 Å². The van der Waals surface area contributed by atoms with Crippen molar-refractivity contribution in [1.82, 2.24) is 19.9 Å². The van der Waals surface area contributed by atoms with Gasteiger partial charge in [0.2, 0.25) is 11.8 Å². The molecule has 1 aromatic heterocycles. The number of aromatic amines is 1. The lowest BCUT2D eigenvalue weighted by Crippen LogP contribution is -2.43. The molecule has 3 atom stereocenters. The first-order valence-electron chi connectivity index (χ1n) is 17.6. The summed E-state index contributed by atoms with van der Waals surface area (Å²) in [4.78, 5) is 41.8. The summed E-state index contributed by atoms with van der Waals surface area (Å²) in [6, 6.07) is 23.4. The van der Waals surface area contributed by atoms with Crippen molar-refractivity contribution >= 4 is 28.5 Å². The number of aliphatic hydroxyl groups is 1. The highest BCUT2D eigenvalue weighted by molar-refractivity contribution is 5.90. The Kier molecular flexibility index (Phi) is 12.1. The van der Waals surface area contributed by atoms with Crippen LogP contribution in [0.1, 0.15) is 92.9 Å². The zero-order chi connectivity index (χ0) is 34.9. The Balaban J connectivity index is 1.06. The number of amides is 2. The van der Waals surface area contributed by atoms with E-state index in [0.29, 0.717) is 24.9 Å². The van der Waals surface area contributed by atoms with Crippen molar-refractivity contribution in [3.63, 3.8) is 0 Å². The normalized spacial score (nSPS) is 20.2. The summed E-state index contributed by atoms with van der Waals surface area (Å²) in [7, 11) is 0. The van der Waals surface area contributed by atoms with Crippen LogP contribution in [0.25, 0.3) is 11.0 Å². The molecule has 266 valence electrons. The zero-order valence-corrected chi connectivity index (χ0v) is 28.3. The van der Waals surface area contributed by atoms with Crippen LogP contribution in [0.4, 0.5) is 5.69 Å². The van der Waals surface area contributed by atoms with Crippen molar-refractivity contribution in [2.75, 3.05) is 25.0 Å². The molecule has 0 unspecified atom stereocenters. The fraction of sp³-hybridized carbons (Fsp3) is 0.447. The number of unbranched alkanes of at least 4 members (excludes halogenated alkanes) is 3. The highest BCUT2D eigenvalue weighted by Gasteiger charge is 2.34. The summed E-state index contributed by atoms with van der Waals surface area (Å²) < 4.78 is 15.0. The van der Waals surface area contributed by atoms with Crippen LogP contribution < -0.4 is 16.5 Å². The quantitative estimate of drug-likeness (QED) is 0.0663. The first-order chi connectivity index (χ1) is 24.4. The number of hydrogen-bond donors (Lipinski definition) is 5. The van der Waals surface area contributed by atoms with E-state index in [1.165, 1.54) is 0 Å². The minimum absolute atomic E-state index is 0.0187. The van der Waals surface area contributed by atoms with Crippen LogP contribution in [0.2, 0.25) is 0 Å². The van der Waals surface area contributed by atoms with Gasteiger partial charge < -0.3 is 29.8 Å². The average molecular weight is 686 g/mol. The van der Waals surface area contributed by atoms with Crippen molar-refractivity contribution in [2.24, 2.45) is 0 Å². The molecule has 0 saturated carbocycles. The number of benzene rings is 3. The Hall–Kier alpha value is -4.33. The third-order valence-electron chi connectivity index (χ3n) is 9.77. The molecule has 0 aliphatic carbocycles. The smallest absolute Gasteiger partial charge is 0.326 e. The lowest BCUT2D eigenvalue weighted by Gasteiger charge is -2.40. The molecule has 0 bridgehead atoms. The van der Waals surface area contributed by atoms with E-state index in [2.05, 4.69) is 15.2 Å². The molecular weight excluding hydrogens is 638 g/mol. The average Bonchev–Trinajstić information content (AvgIpc) is 3.49. The first kappa shape index (κ1) is 35.5. The molecule has 2 aliphatic rings. The maximum Gasteiger partial charge on any atom is 0.326 e. The molecule has 2 amide bonds. The van der Waals surface area contributed by atoms with Crippen molar-refractivity contribution in [2.45, 2.75) is 88.9 Å². The molecule has 3 aromatic carbocycles. The highest BCUT2D eigenvalue weighted by atomic mass is 16.7. The van der Waals surface area contributed by atoms with Gasteiger partial charge >= 0.3 is 5.69 Å². The lowest BCUT2D eigenvalue weighted by atomic mass is 9.98. The van der Waals surface area contributed by atoms with Crippen LogP contribution in [0.3, 0.4) is 0 Å². The largest absolute Gasteiger partial charge is 0.392 e. The predicted molar refractivity (Wildman–Crippen MR) is 188 cm³/mol. The molecule has 5 N–H and O–H groups in total. The summed E-state index contributed by atoms with van der Waals surface area (Å²) in [6.07, 6.45) is 5.21. The molecule has 3 heterocycles. The molecule has 6 rings (SSSR count). The van der Waals surface area contributed by atoms with Crippen LogP contribution in [0.15, 0.2) is 77.6 Å². The number of para-hydroxylation sites is 2. The number of aliphatic hydroxyl groups excluding tert-OH is 1. The number of carbonyl (C=O) groups excluding carboxylic acids is 2. The molecule has 2 saturated heterocycles. The van der Waals surface area contributed by atoms with Gasteiger partial charge in [0.15, 0.2) is 6.29 Å². The molecule has 50 heavy (non-hydrogen) atoms. The summed E-state index contributed by atoms with van der Waals surface area (Å²) >= 11 is 0. The lowest BCUT2D eigenvalue weighted by molar-refractivity contribution is -0.253. The van der Waals surface area contributed by atoms with Crippen molar-refractivity contribution in [3.8, 4) is 0 Å². The molecule has 12 heteroatoms. The van der Waals surface area contributed by atoms with Crippen molar-refractivity contribution in [3.05, 3.63) is 100.0 Å². The van der Waals surface area contributed by atoms with Gasteiger partial charge in [0.1, 0.15) is 0 Å². The van der Waals surface area contributed by atoms with Gasteiger partial charge in [-0.2, -0.15) is 0 Å². The minimum Gasteiger partial charge on any atom is -0.392 e. The maximum atomic E-state index is 12.8. The predicted octanol–water partition coefficient (Wildman–Crippen LogP) is 5.49. The van der Waals surface area contributed by atoms with Crippen LogP contribution in [-0.2, 0) is 25.7 Å². The number of ether oxygens (including phenoxy) is 2. The topological polar surface area (TPSA) is 158 Å². The monoisotopic (exact) mass is 685 g/mol. The van der Waals surface area contributed by atoms with E-state index in [1.807, 2.05) is 77.4 Å². The Morgan fingerprint density at radius 3 is 2.22 bits per heavy atom. The molecule has 2 aliphatic heterocycles. The van der Waals surface area contributed by atoms with Gasteiger partial charge in [-0.05, 0) is 61.1 Å². The van der Waals surface area contributed by atoms with Gasteiger partial charge in [-0.3, -0.25) is 19.4 Å². The Labute approximate surface area is 291 Å². The van der Waals surface area contributed by atoms with Gasteiger partial charge in [-0.1, -0.05) is 61.4 Å². The van der Waals surface area contributed by atoms with E-state index in [-0.39, 0.29) is 42.9 Å². The molecule has 2 fully saturated rings. The number of hydroxylamine groups is 1. The van der Waals surface area contributed by atoms with Gasteiger partial charge in [0, 0.05) is 56.2 Å². The van der Waals surface area contributed by atoms with Gasteiger partial charge in [-0.15, -0.1) is 0 Å². The number of nitrogens with zero attached hydrogens (tertiary/aromatic N) is 2. The number of carbonyl (C=O) groups is 2. The zero-order valence-electron chi connectivity index (χ0n) is 28.3. The Morgan fingerprint density at radius 2 is 1.52 bits per heavy atom. The van der Waals surface area contributed by atoms with Gasteiger partial charge in [-0.25, -0.2) is 10.3 Å². The summed E-state index contributed by atoms with van der Waals surface area (Å²) in [6.45, 7) is 2.43. The van der Waals surface area contributed by atoms with E-state index < -0.39 is 12.2 Å². The van der Waals surface area contributed by atoms with Gasteiger partial charge in [0.05, 0.1) is 29.8 Å². The van der Waals surface area contributed by atoms with Gasteiger partial charge in [0.25, 0.3) is 0 Å². The van der Waals surface area contributed by atoms with E-state index in [9.17, 15) is 19.5 Å². The van der Waals surface area contributed by atoms with E-state index in [1.54, 1.807) is 5.48 Å². The SMILES string of the molecule is O=C(CCCCCCC(=O)Nc1ccc([C@H]2O[C@@H](CN3CCC(n4c(=O)[nH]c5ccccc54)CC3)C[C@@H](c3ccc(CO)cc3)O2)cc1)NO. The highest BCUT2D eigenvalue weighted by Crippen LogP contribution is 2.39. The van der Waals surface area contributed by atoms with Crippen LogP contribution in [0.5, 0.6) is 0 Å². The van der Waals surface area contributed by atoms with Crippen LogP contribution >= 0.6 is 0 Å². The molecule has 0 radical (unpaired) electrons. The Bertz CT molecular complexity index is 1760. The second kappa shape index (κ2) is 17.1. The van der Waals surface area contributed by atoms with Crippen molar-refractivity contribution < 1.29 is 29.4 Å². The summed E-state index contributed by atoms with van der Waals surface area (Å²) in [5.41, 5.74) is 6.81. The van der Waals surface area contributed by atoms with Crippen molar-refractivity contribution in [1.29, 1.82) is 0 Å². The number of imidazole rings is 1. The number of anilines is 1. The third-order valence-corrected chi connectivity index (χ3v) is 9.77. The van der Waals surface area contributed by atoms with Crippen LogP contribution in [-0.4, -0.2) is 62.3 Å². The fourth-order valence-corrected chi connectivity index (χ4v) is 7.05. The second-order valence-electron chi connectivity index (χ2n) is 13.3. The molecule has 4 aromatic rings. The number of hydrogen-bond acceptors (Lipinski definition) is 8. The number of likely N-dealkylation sites (tertiary alicyclic amines) is 1. The standard InChI is InChI=1S/C38H47N5O7/c44-25-26-11-13-27(14-12-26)34-23-31(24-42-21-19-30(20-22-42)43-33-8-6-5-7-32(33)40-38(43)47)49-37(50-34)28-15-17-29(18-16-28)39-35(45)9-3-1-2-4-10-36(46)41-48/h5-8,11-18,30-31,34,37,44,48H,1-4,9-10,19-25H2,(H,39,45)(H,40,47)(H,41,46)/t31-,34+,37+/m1/s1. The number of nitrogens with one attached hydrogen (secondary N) is 3. The minimum atomic E-state index is -0.601. The Morgan fingerprint density at radius 1 is 0.840 bits per heavy atom. The summed E-state index contributed by atoms with van der Waals surface area (Å²) in [5, 5.41) is 21.1. The number of piperidine rings is 1. The number of rotatable bonds is 14. The second-order valence-corrected chi connectivity index (χ2v) is 13.3. The molecule has 12 nitrogen and oxygen atoms in total. The van der Waals surface area contributed by atoms with E-state index in [0.717, 1.165) is 79.5 Å². The first-order valence-corrected chi connectivity index (χ1v) is 17.6. The molecular formula is C38H47N5O7. The van der Waals surface area contributed by atoms with Crippen LogP contribution in [0, 0.1) is 0 Å². The fourth-order valence-electron chi connectivity index (χ4n) is 7.05. The number of H-pyrrole nitrogens is 1. The maximum absolute atomic E-state index is 12.8. The third kappa shape index (κ3) is 9.06. The number of aromatic nitrogens is 2.